The van der Waals surface area contributed by atoms with Gasteiger partial charge in [0.1, 0.15) is 0 Å². The van der Waals surface area contributed by atoms with Crippen LogP contribution < -0.4 is 0 Å². The second-order valence-corrected chi connectivity index (χ2v) is 12.9. The number of aryl methyl sites for hydroxylation is 3. The van der Waals surface area contributed by atoms with Crippen LogP contribution in [0.4, 0.5) is 0 Å². The van der Waals surface area contributed by atoms with Gasteiger partial charge in [-0.3, -0.25) is 0 Å². The van der Waals surface area contributed by atoms with Crippen LogP contribution in [-0.2, 0) is 34.3 Å². The van der Waals surface area contributed by atoms with E-state index >= 15 is 0 Å². The number of hydrogen-bond donors (Lipinski definition) is 2. The second kappa shape index (κ2) is 15.7. The molecular formula is C39H47NO4. The Kier molecular flexibility index (Phi) is 11.7. The van der Waals surface area contributed by atoms with Gasteiger partial charge in [-0.15, -0.1) is 0 Å². The summed E-state index contributed by atoms with van der Waals surface area (Å²) in [6.45, 7) is 10.5. The maximum Gasteiger partial charge on any atom is 0.328 e. The number of likely N-dealkylation sites (tertiary alicyclic amines) is 1. The first-order chi connectivity index (χ1) is 21.1. The summed E-state index contributed by atoms with van der Waals surface area (Å²) in [5.41, 5.74) is 12.4. The van der Waals surface area contributed by atoms with Crippen LogP contribution in [0.3, 0.4) is 0 Å². The van der Waals surface area contributed by atoms with Crippen molar-refractivity contribution in [2.75, 3.05) is 19.6 Å². The minimum Gasteiger partial charge on any atom is -0.478 e. The van der Waals surface area contributed by atoms with Crippen LogP contribution in [-0.4, -0.2) is 46.7 Å². The Labute approximate surface area is 262 Å². The molecule has 2 aliphatic rings. The summed E-state index contributed by atoms with van der Waals surface area (Å²) in [5, 5.41) is 15.6. The van der Waals surface area contributed by atoms with Gasteiger partial charge in [0.05, 0.1) is 0 Å². The van der Waals surface area contributed by atoms with E-state index in [0.29, 0.717) is 12.2 Å². The maximum atomic E-state index is 9.55. The standard InChI is InChI=1S/C35H43N.C4H4O4/c1-35(2,3)31-20-16-27(17-21-31)11-5-4-10-24-36-25-22-30(23-26-36)34-32-14-8-6-12-28(32)18-19-29-13-7-9-15-33(29)34;5-3(6)1-2-4(7)8/h6-9,12-17,20-21H,4-5,10-11,18-19,22-26H2,1-3H3;1-2H,(H,5,6)(H,7,8). The number of carbonyl (C=O) groups is 2. The van der Waals surface area contributed by atoms with Gasteiger partial charge >= 0.3 is 11.9 Å². The zero-order valence-electron chi connectivity index (χ0n) is 26.5. The smallest absolute Gasteiger partial charge is 0.328 e. The molecule has 0 bridgehead atoms. The van der Waals surface area contributed by atoms with Gasteiger partial charge in [-0.1, -0.05) is 106 Å². The first-order valence-corrected chi connectivity index (χ1v) is 16.0. The summed E-state index contributed by atoms with van der Waals surface area (Å²) >= 11 is 0. The number of rotatable bonds is 8. The van der Waals surface area contributed by atoms with Crippen molar-refractivity contribution < 1.29 is 19.8 Å². The molecule has 1 heterocycles. The predicted molar refractivity (Wildman–Crippen MR) is 179 cm³/mol. The number of fused-ring (bicyclic) bond motifs is 2. The lowest BCUT2D eigenvalue weighted by Crippen LogP contribution is -2.32. The van der Waals surface area contributed by atoms with Crippen molar-refractivity contribution in [3.63, 3.8) is 0 Å². The molecule has 0 spiro atoms. The number of piperidine rings is 1. The average Bonchev–Trinajstić information content (AvgIpc) is 3.17. The maximum absolute atomic E-state index is 9.55. The van der Waals surface area contributed by atoms with E-state index in [1.165, 1.54) is 91.5 Å². The van der Waals surface area contributed by atoms with Crippen molar-refractivity contribution in [3.05, 3.63) is 124 Å². The lowest BCUT2D eigenvalue weighted by molar-refractivity contribution is -0.134. The third-order valence-corrected chi connectivity index (χ3v) is 8.68. The van der Waals surface area contributed by atoms with Crippen LogP contribution in [0.2, 0.25) is 0 Å². The van der Waals surface area contributed by atoms with E-state index in [4.69, 9.17) is 10.2 Å². The highest BCUT2D eigenvalue weighted by molar-refractivity contribution is 5.89. The minimum absolute atomic E-state index is 0.242. The fraction of sp³-hybridized carbons (Fsp3) is 0.385. The Morgan fingerprint density at radius 2 is 1.23 bits per heavy atom. The zero-order chi connectivity index (χ0) is 31.5. The number of hydrogen-bond acceptors (Lipinski definition) is 3. The largest absolute Gasteiger partial charge is 0.478 e. The van der Waals surface area contributed by atoms with Crippen LogP contribution >= 0.6 is 0 Å². The van der Waals surface area contributed by atoms with Gasteiger partial charge in [0.2, 0.25) is 0 Å². The molecule has 1 saturated heterocycles. The van der Waals surface area contributed by atoms with Crippen molar-refractivity contribution in [2.24, 2.45) is 0 Å². The molecule has 0 amide bonds. The van der Waals surface area contributed by atoms with E-state index in [0.717, 1.165) is 12.8 Å². The van der Waals surface area contributed by atoms with Crippen molar-refractivity contribution in [1.82, 2.24) is 4.90 Å². The molecule has 1 fully saturated rings. The van der Waals surface area contributed by atoms with Crippen LogP contribution in [0.5, 0.6) is 0 Å². The molecule has 5 rings (SSSR count). The van der Waals surface area contributed by atoms with E-state index in [9.17, 15) is 9.59 Å². The first kappa shape index (κ1) is 32.9. The lowest BCUT2D eigenvalue weighted by Gasteiger charge is -2.30. The molecule has 0 atom stereocenters. The Balaban J connectivity index is 0.000000488. The van der Waals surface area contributed by atoms with Crippen LogP contribution in [0.1, 0.15) is 86.3 Å². The third-order valence-electron chi connectivity index (χ3n) is 8.68. The van der Waals surface area contributed by atoms with Gasteiger partial charge in [-0.2, -0.15) is 0 Å². The number of benzene rings is 3. The normalized spacial score (nSPS) is 15.2. The second-order valence-electron chi connectivity index (χ2n) is 12.9. The molecule has 5 heteroatoms. The summed E-state index contributed by atoms with van der Waals surface area (Å²) in [5.74, 6) is -2.51. The Morgan fingerprint density at radius 1 is 0.705 bits per heavy atom. The molecule has 5 nitrogen and oxygen atoms in total. The average molecular weight is 594 g/mol. The molecule has 3 aromatic carbocycles. The molecule has 3 aromatic rings. The molecule has 0 radical (unpaired) electrons. The Hall–Kier alpha value is -3.96. The molecular weight excluding hydrogens is 546 g/mol. The number of carboxylic acids is 2. The molecule has 1 aliphatic heterocycles. The predicted octanol–water partition coefficient (Wildman–Crippen LogP) is 8.11. The number of nitrogens with zero attached hydrogens (tertiary/aromatic N) is 1. The highest BCUT2D eigenvalue weighted by Crippen LogP contribution is 2.38. The topological polar surface area (TPSA) is 77.8 Å². The molecule has 2 N–H and O–H groups in total. The Bertz CT molecular complexity index is 1400. The number of aliphatic carboxylic acids is 2. The molecule has 44 heavy (non-hydrogen) atoms. The SMILES string of the molecule is CC(C)(C)c1ccc(CCCCCN2CCC(=C3c4ccccc4CCc4ccccc43)CC2)cc1.O=C(O)C=CC(=O)O. The highest BCUT2D eigenvalue weighted by atomic mass is 16.4. The van der Waals surface area contributed by atoms with Crippen molar-refractivity contribution in [3.8, 4) is 0 Å². The van der Waals surface area contributed by atoms with E-state index in [2.05, 4.69) is 98.5 Å². The molecule has 232 valence electrons. The van der Waals surface area contributed by atoms with Crippen molar-refractivity contribution in [2.45, 2.75) is 77.6 Å². The fourth-order valence-corrected chi connectivity index (χ4v) is 6.21. The monoisotopic (exact) mass is 593 g/mol. The number of unbranched alkanes of at least 4 members (excludes halogenated alkanes) is 2. The minimum atomic E-state index is -1.26. The third kappa shape index (κ3) is 9.52. The molecule has 1 aliphatic carbocycles. The lowest BCUT2D eigenvalue weighted by atomic mass is 9.86. The van der Waals surface area contributed by atoms with Crippen molar-refractivity contribution >= 4 is 17.5 Å². The van der Waals surface area contributed by atoms with Gasteiger partial charge in [0, 0.05) is 25.2 Å². The quantitative estimate of drug-likeness (QED) is 0.204. The van der Waals surface area contributed by atoms with Gasteiger partial charge in [-0.25, -0.2) is 9.59 Å². The van der Waals surface area contributed by atoms with E-state index in [-0.39, 0.29) is 5.41 Å². The van der Waals surface area contributed by atoms with Gasteiger partial charge in [0.15, 0.2) is 0 Å². The first-order valence-electron chi connectivity index (χ1n) is 16.0. The van der Waals surface area contributed by atoms with Crippen LogP contribution in [0, 0.1) is 0 Å². The van der Waals surface area contributed by atoms with Crippen molar-refractivity contribution in [1.29, 1.82) is 0 Å². The van der Waals surface area contributed by atoms with Gasteiger partial charge in [-0.05, 0) is 95.9 Å². The highest BCUT2D eigenvalue weighted by Gasteiger charge is 2.23. The summed E-state index contributed by atoms with van der Waals surface area (Å²) in [7, 11) is 0. The summed E-state index contributed by atoms with van der Waals surface area (Å²) in [6.07, 6.45) is 11.0. The van der Waals surface area contributed by atoms with E-state index in [1.807, 2.05) is 0 Å². The van der Waals surface area contributed by atoms with E-state index < -0.39 is 11.9 Å². The molecule has 0 saturated carbocycles. The molecule has 0 unspecified atom stereocenters. The van der Waals surface area contributed by atoms with Crippen LogP contribution in [0.15, 0.2) is 90.5 Å². The van der Waals surface area contributed by atoms with Crippen LogP contribution in [0.25, 0.3) is 5.57 Å². The number of carboxylic acid groups (broad SMARTS) is 2. The molecule has 0 aromatic heterocycles. The van der Waals surface area contributed by atoms with Gasteiger partial charge in [0.25, 0.3) is 0 Å². The summed E-state index contributed by atoms with van der Waals surface area (Å²) in [4.78, 5) is 21.8. The fourth-order valence-electron chi connectivity index (χ4n) is 6.21. The summed E-state index contributed by atoms with van der Waals surface area (Å²) in [6, 6.07) is 27.6. The van der Waals surface area contributed by atoms with E-state index in [1.54, 1.807) is 11.1 Å². The Morgan fingerprint density at radius 3 is 1.73 bits per heavy atom. The zero-order valence-corrected chi connectivity index (χ0v) is 26.5. The van der Waals surface area contributed by atoms with Gasteiger partial charge < -0.3 is 15.1 Å². The summed E-state index contributed by atoms with van der Waals surface area (Å²) < 4.78 is 0.